The first-order valence-electron chi connectivity index (χ1n) is 5.41. The van der Waals surface area contributed by atoms with Gasteiger partial charge in [0.2, 0.25) is 0 Å². The molecule has 15 heavy (non-hydrogen) atoms. The highest BCUT2D eigenvalue weighted by atomic mass is 32.1. The maximum Gasteiger partial charge on any atom is 0.0800 e. The highest BCUT2D eigenvalue weighted by Crippen LogP contribution is 2.14. The van der Waals surface area contributed by atoms with Crippen molar-refractivity contribution in [2.75, 3.05) is 27.2 Å². The molecule has 4 nitrogen and oxygen atoms in total. The molecule has 0 amide bonds. The Hall–Kier alpha value is -0.520. The van der Waals surface area contributed by atoms with Crippen LogP contribution in [0.25, 0.3) is 0 Å². The topological polar surface area (TPSA) is 41.1 Å². The van der Waals surface area contributed by atoms with Crippen LogP contribution in [0, 0.1) is 0 Å². The van der Waals surface area contributed by atoms with Gasteiger partial charge >= 0.3 is 0 Å². The van der Waals surface area contributed by atoms with Crippen LogP contribution in [-0.2, 0) is 13.0 Å². The summed E-state index contributed by atoms with van der Waals surface area (Å²) in [6.45, 7) is 5.22. The van der Waals surface area contributed by atoms with Crippen LogP contribution >= 0.6 is 11.5 Å². The van der Waals surface area contributed by atoms with E-state index in [9.17, 15) is 0 Å². The molecule has 1 heterocycles. The van der Waals surface area contributed by atoms with Gasteiger partial charge < -0.3 is 5.32 Å². The van der Waals surface area contributed by atoms with E-state index in [1.165, 1.54) is 22.1 Å². The van der Waals surface area contributed by atoms with Crippen molar-refractivity contribution in [3.05, 3.63) is 10.6 Å². The van der Waals surface area contributed by atoms with E-state index in [0.717, 1.165) is 32.5 Å². The van der Waals surface area contributed by atoms with E-state index < -0.39 is 0 Å². The maximum atomic E-state index is 4.17. The second-order valence-corrected chi connectivity index (χ2v) is 4.57. The third-order valence-electron chi connectivity index (χ3n) is 2.28. The molecular formula is C10H20N4S. The summed E-state index contributed by atoms with van der Waals surface area (Å²) in [4.78, 5) is 3.61. The highest BCUT2D eigenvalue weighted by molar-refractivity contribution is 7.05. The number of rotatable bonds is 7. The minimum absolute atomic E-state index is 0.967. The summed E-state index contributed by atoms with van der Waals surface area (Å²) >= 11 is 1.53. The van der Waals surface area contributed by atoms with E-state index in [1.807, 2.05) is 7.05 Å². The van der Waals surface area contributed by atoms with Crippen LogP contribution in [0.1, 0.15) is 23.9 Å². The second-order valence-electron chi connectivity index (χ2n) is 3.73. The molecule has 0 bridgehead atoms. The largest absolute Gasteiger partial charge is 0.318 e. The Morgan fingerprint density at radius 1 is 1.47 bits per heavy atom. The Labute approximate surface area is 95.8 Å². The molecule has 0 spiro atoms. The number of likely N-dealkylation sites (N-methyl/N-ethyl adjacent to an activating group) is 2. The van der Waals surface area contributed by atoms with Crippen LogP contribution in [-0.4, -0.2) is 41.7 Å². The number of nitrogens with one attached hydrogen (secondary N) is 1. The molecule has 0 saturated carbocycles. The normalized spacial score (nSPS) is 11.2. The average molecular weight is 228 g/mol. The molecule has 1 aromatic heterocycles. The molecule has 5 heteroatoms. The molecule has 0 atom stereocenters. The van der Waals surface area contributed by atoms with Gasteiger partial charge in [0, 0.05) is 19.6 Å². The van der Waals surface area contributed by atoms with Crippen LogP contribution in [0.2, 0.25) is 0 Å². The van der Waals surface area contributed by atoms with Crippen molar-refractivity contribution >= 4 is 11.5 Å². The summed E-state index contributed by atoms with van der Waals surface area (Å²) in [5.74, 6) is 0. The Morgan fingerprint density at radius 2 is 2.27 bits per heavy atom. The van der Waals surface area contributed by atoms with Gasteiger partial charge in [-0.15, -0.1) is 5.10 Å². The van der Waals surface area contributed by atoms with Gasteiger partial charge in [-0.1, -0.05) is 17.8 Å². The number of hydrogen-bond acceptors (Lipinski definition) is 5. The molecule has 0 aliphatic rings. The Kier molecular flexibility index (Phi) is 5.75. The van der Waals surface area contributed by atoms with E-state index in [4.69, 9.17) is 0 Å². The first kappa shape index (κ1) is 12.5. The summed E-state index contributed by atoms with van der Waals surface area (Å²) in [5, 5.41) is 7.31. The van der Waals surface area contributed by atoms with Crippen molar-refractivity contribution in [1.82, 2.24) is 19.8 Å². The van der Waals surface area contributed by atoms with Crippen molar-refractivity contribution in [2.45, 2.75) is 26.3 Å². The molecule has 0 aliphatic heterocycles. The molecule has 0 radical (unpaired) electrons. The zero-order valence-corrected chi connectivity index (χ0v) is 10.6. The zero-order chi connectivity index (χ0) is 11.1. The van der Waals surface area contributed by atoms with E-state index in [1.54, 1.807) is 0 Å². The third-order valence-corrected chi connectivity index (χ3v) is 3.03. The lowest BCUT2D eigenvalue weighted by atomic mass is 10.2. The van der Waals surface area contributed by atoms with Crippen LogP contribution in [0.15, 0.2) is 0 Å². The Morgan fingerprint density at radius 3 is 2.93 bits per heavy atom. The molecule has 86 valence electrons. The van der Waals surface area contributed by atoms with E-state index in [0.29, 0.717) is 0 Å². The van der Waals surface area contributed by atoms with Gasteiger partial charge in [-0.25, -0.2) is 0 Å². The quantitative estimate of drug-likeness (QED) is 0.760. The second kappa shape index (κ2) is 6.87. The smallest absolute Gasteiger partial charge is 0.0800 e. The minimum Gasteiger partial charge on any atom is -0.318 e. The number of aryl methyl sites for hydroxylation is 1. The molecule has 0 saturated heterocycles. The summed E-state index contributed by atoms with van der Waals surface area (Å²) in [5.41, 5.74) is 1.18. The van der Waals surface area contributed by atoms with Gasteiger partial charge in [0.15, 0.2) is 0 Å². The van der Waals surface area contributed by atoms with Crippen molar-refractivity contribution in [3.8, 4) is 0 Å². The van der Waals surface area contributed by atoms with Gasteiger partial charge in [-0.3, -0.25) is 4.90 Å². The van der Waals surface area contributed by atoms with Crippen molar-refractivity contribution in [1.29, 1.82) is 0 Å². The van der Waals surface area contributed by atoms with Gasteiger partial charge in [0.05, 0.1) is 10.6 Å². The third kappa shape index (κ3) is 4.24. The lowest BCUT2D eigenvalue weighted by Crippen LogP contribution is -2.26. The van der Waals surface area contributed by atoms with Crippen molar-refractivity contribution < 1.29 is 0 Å². The molecular weight excluding hydrogens is 208 g/mol. The van der Waals surface area contributed by atoms with E-state index in [-0.39, 0.29) is 0 Å². The minimum atomic E-state index is 0.967. The van der Waals surface area contributed by atoms with Crippen molar-refractivity contribution in [2.24, 2.45) is 0 Å². The molecule has 0 aromatic carbocycles. The first-order chi connectivity index (χ1) is 7.27. The maximum absolute atomic E-state index is 4.17. The SMILES string of the molecule is CCCc1nnsc1CN(C)CCNC. The first-order valence-corrected chi connectivity index (χ1v) is 6.18. The van der Waals surface area contributed by atoms with Crippen LogP contribution in [0.4, 0.5) is 0 Å². The summed E-state index contributed by atoms with van der Waals surface area (Å²) in [6.07, 6.45) is 2.18. The predicted molar refractivity (Wildman–Crippen MR) is 64.2 cm³/mol. The Bertz CT molecular complexity index is 274. The fraction of sp³-hybridized carbons (Fsp3) is 0.800. The van der Waals surface area contributed by atoms with Gasteiger partial charge in [-0.05, 0) is 32.0 Å². The number of hydrogen-bond donors (Lipinski definition) is 1. The van der Waals surface area contributed by atoms with E-state index in [2.05, 4.69) is 33.8 Å². The lowest BCUT2D eigenvalue weighted by molar-refractivity contribution is 0.329. The monoisotopic (exact) mass is 228 g/mol. The van der Waals surface area contributed by atoms with Gasteiger partial charge in [0.25, 0.3) is 0 Å². The predicted octanol–water partition coefficient (Wildman–Crippen LogP) is 1.14. The molecule has 1 aromatic rings. The highest BCUT2D eigenvalue weighted by Gasteiger charge is 2.09. The number of nitrogens with zero attached hydrogens (tertiary/aromatic N) is 3. The van der Waals surface area contributed by atoms with Crippen LogP contribution in [0.3, 0.4) is 0 Å². The lowest BCUT2D eigenvalue weighted by Gasteiger charge is -2.15. The molecule has 1 rings (SSSR count). The standard InChI is InChI=1S/C10H20N4S/c1-4-5-9-10(15-13-12-9)8-14(3)7-6-11-2/h11H,4-8H2,1-3H3. The van der Waals surface area contributed by atoms with Crippen molar-refractivity contribution in [3.63, 3.8) is 0 Å². The zero-order valence-electron chi connectivity index (χ0n) is 9.79. The van der Waals surface area contributed by atoms with Gasteiger partial charge in [0.1, 0.15) is 0 Å². The Balaban J connectivity index is 2.44. The molecule has 0 unspecified atom stereocenters. The summed E-state index contributed by atoms with van der Waals surface area (Å²) in [7, 11) is 4.11. The van der Waals surface area contributed by atoms with Crippen LogP contribution < -0.4 is 5.32 Å². The van der Waals surface area contributed by atoms with Gasteiger partial charge in [-0.2, -0.15) is 0 Å². The summed E-state index contributed by atoms with van der Waals surface area (Å²) in [6, 6.07) is 0. The van der Waals surface area contributed by atoms with E-state index >= 15 is 0 Å². The number of aromatic nitrogens is 2. The fourth-order valence-electron chi connectivity index (χ4n) is 1.40. The average Bonchev–Trinajstić information content (AvgIpc) is 2.63. The molecule has 0 aliphatic carbocycles. The molecule has 0 fully saturated rings. The van der Waals surface area contributed by atoms with Crippen LogP contribution in [0.5, 0.6) is 0 Å². The summed E-state index contributed by atoms with van der Waals surface area (Å²) < 4.78 is 4.02. The molecule has 1 N–H and O–H groups in total. The fourth-order valence-corrected chi connectivity index (χ4v) is 2.16.